The van der Waals surface area contributed by atoms with E-state index in [4.69, 9.17) is 21.4 Å². The molecule has 21 heavy (non-hydrogen) atoms. The van der Waals surface area contributed by atoms with Crippen molar-refractivity contribution in [3.05, 3.63) is 40.4 Å². The predicted molar refractivity (Wildman–Crippen MR) is 85.3 cm³/mol. The fourth-order valence-corrected chi connectivity index (χ4v) is 2.15. The standard InChI is InChI=1S/C16H22ClNO3/c1-12-4-5-13(10-14(12)17)6-7-15(20)18-16(2,8-9-19)11-21-3/h4-7,10,19H,8-9,11H2,1-3H3,(H,18,20)/b7-6+. The lowest BCUT2D eigenvalue weighted by Gasteiger charge is -2.28. The fraction of sp³-hybridized carbons (Fsp3) is 0.438. The van der Waals surface area contributed by atoms with Gasteiger partial charge < -0.3 is 15.2 Å². The van der Waals surface area contributed by atoms with Crippen LogP contribution in [-0.2, 0) is 9.53 Å². The number of hydrogen-bond acceptors (Lipinski definition) is 3. The zero-order valence-electron chi connectivity index (χ0n) is 12.6. The number of benzene rings is 1. The van der Waals surface area contributed by atoms with Crippen molar-refractivity contribution < 1.29 is 14.6 Å². The molecule has 116 valence electrons. The summed E-state index contributed by atoms with van der Waals surface area (Å²) in [4.78, 5) is 12.0. The van der Waals surface area contributed by atoms with E-state index in [0.717, 1.165) is 11.1 Å². The highest BCUT2D eigenvalue weighted by atomic mass is 35.5. The molecule has 0 bridgehead atoms. The molecule has 1 amide bonds. The molecule has 0 radical (unpaired) electrons. The minimum absolute atomic E-state index is 0.0164. The van der Waals surface area contributed by atoms with Gasteiger partial charge in [-0.15, -0.1) is 0 Å². The molecule has 0 fully saturated rings. The van der Waals surface area contributed by atoms with Crippen LogP contribution < -0.4 is 5.32 Å². The first kappa shape index (κ1) is 17.7. The van der Waals surface area contributed by atoms with E-state index in [1.165, 1.54) is 6.08 Å². The van der Waals surface area contributed by atoms with Crippen LogP contribution in [0.4, 0.5) is 0 Å². The van der Waals surface area contributed by atoms with Gasteiger partial charge in [-0.1, -0.05) is 23.7 Å². The molecular formula is C16H22ClNO3. The Morgan fingerprint density at radius 1 is 1.52 bits per heavy atom. The molecule has 0 saturated heterocycles. The monoisotopic (exact) mass is 311 g/mol. The van der Waals surface area contributed by atoms with Crippen molar-refractivity contribution in [3.63, 3.8) is 0 Å². The normalized spacial score (nSPS) is 14.1. The second-order valence-electron chi connectivity index (χ2n) is 5.30. The van der Waals surface area contributed by atoms with E-state index in [1.54, 1.807) is 13.2 Å². The third kappa shape index (κ3) is 5.87. The molecule has 0 spiro atoms. The van der Waals surface area contributed by atoms with E-state index in [9.17, 15) is 4.79 Å². The van der Waals surface area contributed by atoms with Gasteiger partial charge in [0.25, 0.3) is 0 Å². The number of aliphatic hydroxyl groups excluding tert-OH is 1. The van der Waals surface area contributed by atoms with Crippen molar-refractivity contribution in [3.8, 4) is 0 Å². The molecule has 0 saturated carbocycles. The molecule has 0 aliphatic carbocycles. The summed E-state index contributed by atoms with van der Waals surface area (Å²) in [6.07, 6.45) is 3.58. The van der Waals surface area contributed by atoms with Crippen molar-refractivity contribution in [1.29, 1.82) is 0 Å². The predicted octanol–water partition coefficient (Wildman–Crippen LogP) is 2.57. The number of rotatable bonds is 7. The van der Waals surface area contributed by atoms with Gasteiger partial charge in [-0.05, 0) is 43.5 Å². The van der Waals surface area contributed by atoms with Gasteiger partial charge in [0.2, 0.25) is 5.91 Å². The van der Waals surface area contributed by atoms with Crippen LogP contribution in [0.15, 0.2) is 24.3 Å². The molecule has 1 rings (SSSR count). The van der Waals surface area contributed by atoms with Gasteiger partial charge in [0.1, 0.15) is 0 Å². The summed E-state index contributed by atoms with van der Waals surface area (Å²) < 4.78 is 5.08. The van der Waals surface area contributed by atoms with Crippen LogP contribution in [0, 0.1) is 6.92 Å². The van der Waals surface area contributed by atoms with Crippen LogP contribution in [0.25, 0.3) is 6.08 Å². The van der Waals surface area contributed by atoms with Gasteiger partial charge in [-0.3, -0.25) is 4.79 Å². The highest BCUT2D eigenvalue weighted by Gasteiger charge is 2.24. The Labute approximate surface area is 130 Å². The van der Waals surface area contributed by atoms with Crippen LogP contribution in [-0.4, -0.2) is 36.9 Å². The summed E-state index contributed by atoms with van der Waals surface area (Å²) in [6, 6.07) is 5.61. The molecule has 1 unspecified atom stereocenters. The van der Waals surface area contributed by atoms with E-state index < -0.39 is 5.54 Å². The topological polar surface area (TPSA) is 58.6 Å². The largest absolute Gasteiger partial charge is 0.396 e. The van der Waals surface area contributed by atoms with E-state index in [1.807, 2.05) is 32.0 Å². The quantitative estimate of drug-likeness (QED) is 0.761. The molecular weight excluding hydrogens is 290 g/mol. The van der Waals surface area contributed by atoms with Gasteiger partial charge in [-0.25, -0.2) is 0 Å². The Hall–Kier alpha value is -1.36. The van der Waals surface area contributed by atoms with Gasteiger partial charge >= 0.3 is 0 Å². The van der Waals surface area contributed by atoms with Crippen LogP contribution in [0.1, 0.15) is 24.5 Å². The smallest absolute Gasteiger partial charge is 0.244 e. The minimum Gasteiger partial charge on any atom is -0.396 e. The van der Waals surface area contributed by atoms with Gasteiger partial charge in [0.15, 0.2) is 0 Å². The van der Waals surface area contributed by atoms with E-state index in [-0.39, 0.29) is 12.5 Å². The van der Waals surface area contributed by atoms with Crippen molar-refractivity contribution in [1.82, 2.24) is 5.32 Å². The summed E-state index contributed by atoms with van der Waals surface area (Å²) in [5.74, 6) is -0.236. The number of halogens is 1. The average molecular weight is 312 g/mol. The second-order valence-corrected chi connectivity index (χ2v) is 5.71. The van der Waals surface area contributed by atoms with Crippen LogP contribution in [0.5, 0.6) is 0 Å². The SMILES string of the molecule is COCC(C)(CCO)NC(=O)/C=C/c1ccc(C)c(Cl)c1. The molecule has 1 aromatic carbocycles. The molecule has 0 heterocycles. The molecule has 0 aromatic heterocycles. The lowest BCUT2D eigenvalue weighted by atomic mass is 9.99. The van der Waals surface area contributed by atoms with Crippen molar-refractivity contribution in [2.45, 2.75) is 25.8 Å². The zero-order valence-corrected chi connectivity index (χ0v) is 13.4. The number of aryl methyl sites for hydroxylation is 1. The maximum Gasteiger partial charge on any atom is 0.244 e. The number of carbonyl (C=O) groups is 1. The number of carbonyl (C=O) groups excluding carboxylic acids is 1. The molecule has 0 aliphatic rings. The second kappa shape index (κ2) is 8.17. The minimum atomic E-state index is -0.587. The molecule has 5 heteroatoms. The van der Waals surface area contributed by atoms with Crippen LogP contribution >= 0.6 is 11.6 Å². The van der Waals surface area contributed by atoms with Crippen molar-refractivity contribution in [2.75, 3.05) is 20.3 Å². The Balaban J connectivity index is 2.70. The fourth-order valence-electron chi connectivity index (χ4n) is 1.96. The Morgan fingerprint density at radius 3 is 2.81 bits per heavy atom. The number of ether oxygens (including phenoxy) is 1. The summed E-state index contributed by atoms with van der Waals surface area (Å²) in [5, 5.41) is 12.6. The first-order chi connectivity index (χ1) is 9.90. The maximum absolute atomic E-state index is 12.0. The van der Waals surface area contributed by atoms with Gasteiger partial charge in [0, 0.05) is 24.8 Å². The van der Waals surface area contributed by atoms with Crippen molar-refractivity contribution >= 4 is 23.6 Å². The van der Waals surface area contributed by atoms with E-state index in [0.29, 0.717) is 18.1 Å². The summed E-state index contributed by atoms with van der Waals surface area (Å²) in [6.45, 7) is 4.08. The first-order valence-corrected chi connectivity index (χ1v) is 7.14. The molecule has 2 N–H and O–H groups in total. The Morgan fingerprint density at radius 2 is 2.24 bits per heavy atom. The average Bonchev–Trinajstić information content (AvgIpc) is 2.40. The lowest BCUT2D eigenvalue weighted by molar-refractivity contribution is -0.119. The Bertz CT molecular complexity index is 508. The first-order valence-electron chi connectivity index (χ1n) is 6.76. The molecule has 1 aromatic rings. The third-order valence-corrected chi connectivity index (χ3v) is 3.58. The Kier molecular flexibility index (Phi) is 6.89. The molecule has 0 aliphatic heterocycles. The summed E-state index contributed by atoms with van der Waals surface area (Å²) >= 11 is 6.04. The molecule has 1 atom stereocenters. The van der Waals surface area contributed by atoms with Crippen LogP contribution in [0.2, 0.25) is 5.02 Å². The number of hydrogen-bond donors (Lipinski definition) is 2. The summed E-state index contributed by atoms with van der Waals surface area (Å²) in [7, 11) is 1.56. The number of nitrogens with one attached hydrogen (secondary N) is 1. The maximum atomic E-state index is 12.0. The van der Waals surface area contributed by atoms with E-state index >= 15 is 0 Å². The molecule has 4 nitrogen and oxygen atoms in total. The number of amides is 1. The van der Waals surface area contributed by atoms with Gasteiger partial charge in [-0.2, -0.15) is 0 Å². The number of aliphatic hydroxyl groups is 1. The van der Waals surface area contributed by atoms with Crippen LogP contribution in [0.3, 0.4) is 0 Å². The highest BCUT2D eigenvalue weighted by molar-refractivity contribution is 6.31. The third-order valence-electron chi connectivity index (χ3n) is 3.17. The lowest BCUT2D eigenvalue weighted by Crippen LogP contribution is -2.49. The van der Waals surface area contributed by atoms with E-state index in [2.05, 4.69) is 5.32 Å². The zero-order chi connectivity index (χ0) is 15.9. The number of methoxy groups -OCH3 is 1. The highest BCUT2D eigenvalue weighted by Crippen LogP contribution is 2.17. The van der Waals surface area contributed by atoms with Crippen molar-refractivity contribution in [2.24, 2.45) is 0 Å². The summed E-state index contributed by atoms with van der Waals surface area (Å²) in [5.41, 5.74) is 1.26. The van der Waals surface area contributed by atoms with Gasteiger partial charge in [0.05, 0.1) is 12.1 Å².